The molecule has 8 nitrogen and oxygen atoms in total. The minimum atomic E-state index is -0.480. The summed E-state index contributed by atoms with van der Waals surface area (Å²) in [6.07, 6.45) is 3.87. The molecule has 1 saturated heterocycles. The fourth-order valence-electron chi connectivity index (χ4n) is 3.56. The number of nitrogens with one attached hydrogen (secondary N) is 1. The lowest BCUT2D eigenvalue weighted by molar-refractivity contribution is -0.111. The minimum absolute atomic E-state index is 0.0546. The molecule has 28 heavy (non-hydrogen) atoms. The second kappa shape index (κ2) is 7.55. The topological polar surface area (TPSA) is 105 Å². The molecule has 0 radical (unpaired) electrons. The van der Waals surface area contributed by atoms with E-state index in [1.807, 2.05) is 12.1 Å². The predicted octanol–water partition coefficient (Wildman–Crippen LogP) is 1.98. The summed E-state index contributed by atoms with van der Waals surface area (Å²) >= 11 is 0. The molecule has 1 amide bonds. The summed E-state index contributed by atoms with van der Waals surface area (Å²) in [5.41, 5.74) is 2.38. The third kappa shape index (κ3) is 3.43. The molecule has 0 spiro atoms. The van der Waals surface area contributed by atoms with Crippen LogP contribution >= 0.6 is 0 Å². The quantitative estimate of drug-likeness (QED) is 0.762. The average Bonchev–Trinajstić information content (AvgIpc) is 3.05. The summed E-state index contributed by atoms with van der Waals surface area (Å²) in [4.78, 5) is 33.9. The van der Waals surface area contributed by atoms with Crippen molar-refractivity contribution in [2.24, 2.45) is 0 Å². The number of ether oxygens (including phenoxy) is 1. The van der Waals surface area contributed by atoms with Gasteiger partial charge in [0.2, 0.25) is 5.95 Å². The van der Waals surface area contributed by atoms with Crippen molar-refractivity contribution in [2.45, 2.75) is 38.4 Å². The maximum atomic E-state index is 12.6. The Morgan fingerprint density at radius 1 is 1.36 bits per heavy atom. The van der Waals surface area contributed by atoms with Crippen molar-refractivity contribution in [3.8, 4) is 17.0 Å². The number of rotatable bonds is 5. The number of hydrogen-bond donors (Lipinski definition) is 2. The first-order chi connectivity index (χ1) is 13.6. The van der Waals surface area contributed by atoms with Gasteiger partial charge in [-0.3, -0.25) is 4.79 Å². The number of aldehydes is 1. The lowest BCUT2D eigenvalue weighted by Crippen LogP contribution is -2.34. The molecule has 0 bridgehead atoms. The number of carbonyl (C=O) groups is 2. The van der Waals surface area contributed by atoms with E-state index >= 15 is 0 Å². The molecule has 1 aromatic carbocycles. The van der Waals surface area contributed by atoms with Crippen molar-refractivity contribution in [2.75, 3.05) is 18.5 Å². The summed E-state index contributed by atoms with van der Waals surface area (Å²) in [7, 11) is 0. The van der Waals surface area contributed by atoms with Crippen LogP contribution in [0.5, 0.6) is 5.75 Å². The molecule has 8 heteroatoms. The maximum absolute atomic E-state index is 12.6. The first-order valence-electron chi connectivity index (χ1n) is 9.36. The largest absolute Gasteiger partial charge is 0.504 e. The summed E-state index contributed by atoms with van der Waals surface area (Å²) in [6, 6.07) is 5.13. The Hall–Kier alpha value is -3.00. The van der Waals surface area contributed by atoms with Crippen LogP contribution in [0.3, 0.4) is 0 Å². The SMILES string of the molecule is CC(C=O)N1Cc2ccc(-c3nc(NC4CCOCC4)ncc3O)cc2C1=O. The normalized spacial score (nSPS) is 18.0. The van der Waals surface area contributed by atoms with E-state index < -0.39 is 6.04 Å². The Bertz CT molecular complexity index is 911. The standard InChI is InChI=1S/C20H22N4O4/c1-12(11-25)24-10-14-3-2-13(8-16(14)19(24)27)18-17(26)9-21-20(23-18)22-15-4-6-28-7-5-15/h2-3,8-9,11-12,15,26H,4-7,10H2,1H3,(H,21,22,23). The van der Waals surface area contributed by atoms with E-state index in [9.17, 15) is 14.7 Å². The van der Waals surface area contributed by atoms with Crippen LogP contribution in [0, 0.1) is 0 Å². The number of carbonyl (C=O) groups excluding carboxylic acids is 2. The number of aromatic hydroxyl groups is 1. The zero-order valence-electron chi connectivity index (χ0n) is 15.6. The number of hydrogen-bond acceptors (Lipinski definition) is 7. The molecule has 3 heterocycles. The highest BCUT2D eigenvalue weighted by atomic mass is 16.5. The Labute approximate surface area is 162 Å². The van der Waals surface area contributed by atoms with Crippen LogP contribution in [0.4, 0.5) is 5.95 Å². The van der Waals surface area contributed by atoms with Gasteiger partial charge < -0.3 is 24.9 Å². The number of benzene rings is 1. The Morgan fingerprint density at radius 3 is 2.89 bits per heavy atom. The highest BCUT2D eigenvalue weighted by Crippen LogP contribution is 2.32. The molecule has 0 aliphatic carbocycles. The van der Waals surface area contributed by atoms with Crippen molar-refractivity contribution in [3.63, 3.8) is 0 Å². The van der Waals surface area contributed by atoms with E-state index in [0.29, 0.717) is 42.5 Å². The Balaban J connectivity index is 1.61. The van der Waals surface area contributed by atoms with Gasteiger partial charge in [-0.1, -0.05) is 12.1 Å². The highest BCUT2D eigenvalue weighted by molar-refractivity contribution is 6.00. The average molecular weight is 382 g/mol. The third-order valence-corrected chi connectivity index (χ3v) is 5.23. The van der Waals surface area contributed by atoms with Crippen LogP contribution < -0.4 is 5.32 Å². The molecule has 146 valence electrons. The molecule has 0 saturated carbocycles. The van der Waals surface area contributed by atoms with E-state index in [1.54, 1.807) is 13.0 Å². The number of anilines is 1. The van der Waals surface area contributed by atoms with Crippen molar-refractivity contribution >= 4 is 18.1 Å². The molecule has 4 rings (SSSR count). The van der Waals surface area contributed by atoms with Crippen molar-refractivity contribution in [3.05, 3.63) is 35.5 Å². The van der Waals surface area contributed by atoms with Gasteiger partial charge in [-0.15, -0.1) is 0 Å². The van der Waals surface area contributed by atoms with Gasteiger partial charge in [0.15, 0.2) is 5.75 Å². The van der Waals surface area contributed by atoms with Crippen molar-refractivity contribution in [1.82, 2.24) is 14.9 Å². The number of nitrogens with zero attached hydrogens (tertiary/aromatic N) is 3. The summed E-state index contributed by atoms with van der Waals surface area (Å²) in [6.45, 7) is 3.50. The molecule has 1 atom stereocenters. The summed E-state index contributed by atoms with van der Waals surface area (Å²) in [5, 5.41) is 13.6. The van der Waals surface area contributed by atoms with E-state index in [4.69, 9.17) is 4.74 Å². The van der Waals surface area contributed by atoms with Crippen LogP contribution in [0.2, 0.25) is 0 Å². The van der Waals surface area contributed by atoms with Crippen LogP contribution in [0.15, 0.2) is 24.4 Å². The number of amides is 1. The highest BCUT2D eigenvalue weighted by Gasteiger charge is 2.31. The van der Waals surface area contributed by atoms with Gasteiger partial charge in [-0.2, -0.15) is 0 Å². The molecular formula is C20H22N4O4. The van der Waals surface area contributed by atoms with Crippen molar-refractivity contribution < 1.29 is 19.4 Å². The second-order valence-electron chi connectivity index (χ2n) is 7.14. The van der Waals surface area contributed by atoms with Gasteiger partial charge in [0.25, 0.3) is 5.91 Å². The fraction of sp³-hybridized carbons (Fsp3) is 0.400. The Kier molecular flexibility index (Phi) is 4.95. The zero-order chi connectivity index (χ0) is 19.7. The van der Waals surface area contributed by atoms with Gasteiger partial charge >= 0.3 is 0 Å². The minimum Gasteiger partial charge on any atom is -0.504 e. The fourth-order valence-corrected chi connectivity index (χ4v) is 3.56. The summed E-state index contributed by atoms with van der Waals surface area (Å²) in [5.74, 6) is 0.189. The van der Waals surface area contributed by atoms with Crippen LogP contribution in [0.25, 0.3) is 11.3 Å². The van der Waals surface area contributed by atoms with Gasteiger partial charge in [0.1, 0.15) is 12.0 Å². The van der Waals surface area contributed by atoms with Gasteiger partial charge in [0.05, 0.1) is 12.2 Å². The molecule has 1 unspecified atom stereocenters. The zero-order valence-corrected chi connectivity index (χ0v) is 15.6. The van der Waals surface area contributed by atoms with Crippen LogP contribution in [-0.4, -0.2) is 57.5 Å². The van der Waals surface area contributed by atoms with E-state index in [0.717, 1.165) is 24.7 Å². The molecule has 2 aromatic rings. The monoisotopic (exact) mass is 382 g/mol. The van der Waals surface area contributed by atoms with Gasteiger partial charge in [0, 0.05) is 36.9 Å². The number of aromatic nitrogens is 2. The Morgan fingerprint density at radius 2 is 2.14 bits per heavy atom. The molecule has 2 N–H and O–H groups in total. The first kappa shape index (κ1) is 18.4. The lowest BCUT2D eigenvalue weighted by Gasteiger charge is -2.23. The van der Waals surface area contributed by atoms with E-state index in [1.165, 1.54) is 11.1 Å². The molecule has 1 aromatic heterocycles. The summed E-state index contributed by atoms with van der Waals surface area (Å²) < 4.78 is 5.36. The second-order valence-corrected chi connectivity index (χ2v) is 7.14. The molecule has 1 fully saturated rings. The first-order valence-corrected chi connectivity index (χ1v) is 9.36. The lowest BCUT2D eigenvalue weighted by atomic mass is 10.0. The third-order valence-electron chi connectivity index (χ3n) is 5.23. The smallest absolute Gasteiger partial charge is 0.255 e. The molecular weight excluding hydrogens is 360 g/mol. The predicted molar refractivity (Wildman–Crippen MR) is 102 cm³/mol. The molecule has 2 aliphatic heterocycles. The molecule has 2 aliphatic rings. The van der Waals surface area contributed by atoms with Crippen LogP contribution in [0.1, 0.15) is 35.7 Å². The van der Waals surface area contributed by atoms with Crippen molar-refractivity contribution in [1.29, 1.82) is 0 Å². The van der Waals surface area contributed by atoms with E-state index in [2.05, 4.69) is 15.3 Å². The van der Waals surface area contributed by atoms with E-state index in [-0.39, 0.29) is 17.7 Å². The van der Waals surface area contributed by atoms with Gasteiger partial charge in [-0.05, 0) is 31.4 Å². The van der Waals surface area contributed by atoms with Crippen LogP contribution in [-0.2, 0) is 16.1 Å². The van der Waals surface area contributed by atoms with Gasteiger partial charge in [-0.25, -0.2) is 9.97 Å². The maximum Gasteiger partial charge on any atom is 0.255 e. The number of fused-ring (bicyclic) bond motifs is 1.